The maximum absolute atomic E-state index is 2.88. The fourth-order valence-corrected chi connectivity index (χ4v) is 3.84. The van der Waals surface area contributed by atoms with Crippen molar-refractivity contribution >= 4 is 18.5 Å². The lowest BCUT2D eigenvalue weighted by atomic mass is 10.00. The predicted molar refractivity (Wildman–Crippen MR) is 124 cm³/mol. The smallest absolute Gasteiger partial charge is 0.0353 e. The summed E-state index contributed by atoms with van der Waals surface area (Å²) in [6.45, 7) is 6.86. The Labute approximate surface area is 160 Å². The van der Waals surface area contributed by atoms with E-state index in [0.717, 1.165) is 5.92 Å². The molecule has 0 nitrogen and oxygen atoms in total. The Bertz CT molecular complexity index is 182. The van der Waals surface area contributed by atoms with E-state index < -0.39 is 0 Å². The molecule has 0 aliphatic heterocycles. The highest BCUT2D eigenvalue weighted by Gasteiger charge is 2.01. The van der Waals surface area contributed by atoms with Gasteiger partial charge in [-0.1, -0.05) is 117 Å². The van der Waals surface area contributed by atoms with Crippen molar-refractivity contribution in [3.8, 4) is 0 Å². The van der Waals surface area contributed by atoms with Crippen LogP contribution in [-0.4, -0.2) is 12.3 Å². The van der Waals surface area contributed by atoms with Crippen molar-refractivity contribution in [3.05, 3.63) is 0 Å². The molecule has 0 amide bonds. The Morgan fingerprint density at radius 3 is 1.33 bits per heavy atom. The van der Waals surface area contributed by atoms with Crippen molar-refractivity contribution in [1.29, 1.82) is 0 Å². The first-order chi connectivity index (χ1) is 11.8. The van der Waals surface area contributed by atoms with Gasteiger partial charge in [0.2, 0.25) is 0 Å². The van der Waals surface area contributed by atoms with E-state index >= 15 is 0 Å². The van der Waals surface area contributed by atoms with Crippen LogP contribution in [0.2, 0.25) is 0 Å². The van der Waals surface area contributed by atoms with Gasteiger partial charge in [-0.3, -0.25) is 0 Å². The van der Waals surface area contributed by atoms with Crippen LogP contribution in [0.3, 0.4) is 0 Å². The van der Waals surface area contributed by atoms with Crippen molar-refractivity contribution in [1.82, 2.24) is 0 Å². The van der Waals surface area contributed by atoms with Gasteiger partial charge in [-0.25, -0.2) is 0 Å². The SMILES string of the molecule is CCCCCCCCC(CC)CP.CCCCCCCCCCP. The summed E-state index contributed by atoms with van der Waals surface area (Å²) in [6.07, 6.45) is 25.5. The van der Waals surface area contributed by atoms with Gasteiger partial charge in [-0.05, 0) is 24.7 Å². The second-order valence-corrected chi connectivity index (χ2v) is 8.38. The second kappa shape index (κ2) is 26.1. The quantitative estimate of drug-likeness (QED) is 0.176. The molecule has 0 rings (SSSR count). The molecule has 0 saturated carbocycles. The summed E-state index contributed by atoms with van der Waals surface area (Å²) in [4.78, 5) is 0. The molecule has 0 saturated heterocycles. The van der Waals surface area contributed by atoms with Crippen LogP contribution >= 0.6 is 18.5 Å². The van der Waals surface area contributed by atoms with Crippen molar-refractivity contribution in [2.24, 2.45) is 5.92 Å². The summed E-state index contributed by atoms with van der Waals surface area (Å²) < 4.78 is 0. The minimum Gasteiger partial charge on any atom is -0.138 e. The average molecular weight is 377 g/mol. The maximum Gasteiger partial charge on any atom is -0.0353 e. The minimum absolute atomic E-state index is 0.969. The van der Waals surface area contributed by atoms with Gasteiger partial charge in [0.25, 0.3) is 0 Å². The normalized spacial score (nSPS) is 11.9. The summed E-state index contributed by atoms with van der Waals surface area (Å²) in [5, 5.41) is 0. The summed E-state index contributed by atoms with van der Waals surface area (Å²) >= 11 is 0. The number of rotatable bonds is 17. The van der Waals surface area contributed by atoms with E-state index in [0.29, 0.717) is 0 Å². The summed E-state index contributed by atoms with van der Waals surface area (Å²) in [5.41, 5.74) is 0. The summed E-state index contributed by atoms with van der Waals surface area (Å²) in [7, 11) is 5.67. The third-order valence-corrected chi connectivity index (χ3v) is 6.01. The van der Waals surface area contributed by atoms with Crippen LogP contribution in [0.15, 0.2) is 0 Å². The van der Waals surface area contributed by atoms with Gasteiger partial charge in [0.15, 0.2) is 0 Å². The van der Waals surface area contributed by atoms with Crippen LogP contribution < -0.4 is 0 Å². The van der Waals surface area contributed by atoms with Crippen molar-refractivity contribution in [3.63, 3.8) is 0 Å². The molecule has 0 aromatic carbocycles. The molecule has 0 aromatic heterocycles. The molecule has 0 aliphatic carbocycles. The van der Waals surface area contributed by atoms with Gasteiger partial charge in [-0.2, -0.15) is 0 Å². The van der Waals surface area contributed by atoms with Gasteiger partial charge < -0.3 is 0 Å². The molecule has 0 aliphatic rings. The molecule has 0 radical (unpaired) electrons. The first-order valence-corrected chi connectivity index (χ1v) is 12.8. The van der Waals surface area contributed by atoms with Crippen LogP contribution in [0, 0.1) is 5.92 Å². The zero-order valence-electron chi connectivity index (χ0n) is 17.5. The van der Waals surface area contributed by atoms with Crippen LogP contribution in [0.4, 0.5) is 0 Å². The molecular formula is C22H50P2. The molecule has 0 bridgehead atoms. The van der Waals surface area contributed by atoms with E-state index in [1.54, 1.807) is 0 Å². The third kappa shape index (κ3) is 25.1. The summed E-state index contributed by atoms with van der Waals surface area (Å²) in [5.74, 6) is 0.969. The lowest BCUT2D eigenvalue weighted by Gasteiger charge is -2.10. The van der Waals surface area contributed by atoms with Gasteiger partial charge in [0, 0.05) is 0 Å². The molecule has 0 aromatic rings. The van der Waals surface area contributed by atoms with Crippen molar-refractivity contribution in [2.75, 3.05) is 12.3 Å². The zero-order valence-corrected chi connectivity index (χ0v) is 19.8. The van der Waals surface area contributed by atoms with E-state index in [2.05, 4.69) is 39.3 Å². The van der Waals surface area contributed by atoms with E-state index in [1.807, 2.05) is 0 Å². The molecular weight excluding hydrogens is 326 g/mol. The molecule has 3 unspecified atom stereocenters. The van der Waals surface area contributed by atoms with E-state index in [4.69, 9.17) is 0 Å². The average Bonchev–Trinajstić information content (AvgIpc) is 2.61. The highest BCUT2D eigenvalue weighted by molar-refractivity contribution is 7.16. The van der Waals surface area contributed by atoms with Crippen LogP contribution in [0.1, 0.15) is 124 Å². The Kier molecular flexibility index (Phi) is 29.4. The number of unbranched alkanes of at least 4 members (excludes halogenated alkanes) is 12. The molecule has 0 spiro atoms. The molecule has 0 fully saturated rings. The largest absolute Gasteiger partial charge is 0.138 e. The Balaban J connectivity index is 0. The van der Waals surface area contributed by atoms with Gasteiger partial charge >= 0.3 is 0 Å². The highest BCUT2D eigenvalue weighted by atomic mass is 31.0. The molecule has 2 heteroatoms. The Hall–Kier alpha value is 0.860. The number of hydrogen-bond donors (Lipinski definition) is 0. The lowest BCUT2D eigenvalue weighted by Crippen LogP contribution is -1.99. The Morgan fingerprint density at radius 2 is 0.958 bits per heavy atom. The van der Waals surface area contributed by atoms with Gasteiger partial charge in [0.05, 0.1) is 0 Å². The second-order valence-electron chi connectivity index (χ2n) is 7.33. The maximum atomic E-state index is 2.88. The van der Waals surface area contributed by atoms with E-state index in [1.165, 1.54) is 115 Å². The predicted octanol–water partition coefficient (Wildman–Crippen LogP) is 8.64. The monoisotopic (exact) mass is 376 g/mol. The fourth-order valence-electron chi connectivity index (χ4n) is 2.98. The van der Waals surface area contributed by atoms with Crippen LogP contribution in [0.5, 0.6) is 0 Å². The van der Waals surface area contributed by atoms with Gasteiger partial charge in [0.1, 0.15) is 0 Å². The molecule has 148 valence electrons. The topological polar surface area (TPSA) is 0 Å². The molecule has 0 N–H and O–H groups in total. The first kappa shape index (κ1) is 27.1. The fraction of sp³-hybridized carbons (Fsp3) is 1.00. The third-order valence-electron chi connectivity index (χ3n) is 4.93. The molecule has 0 heterocycles. The highest BCUT2D eigenvalue weighted by Crippen LogP contribution is 2.16. The number of hydrogen-bond acceptors (Lipinski definition) is 0. The lowest BCUT2D eigenvalue weighted by molar-refractivity contribution is 0.478. The van der Waals surface area contributed by atoms with Crippen LogP contribution in [-0.2, 0) is 0 Å². The minimum atomic E-state index is 0.969. The van der Waals surface area contributed by atoms with Crippen LogP contribution in [0.25, 0.3) is 0 Å². The molecule has 3 atom stereocenters. The first-order valence-electron chi connectivity index (χ1n) is 11.2. The Morgan fingerprint density at radius 1 is 0.542 bits per heavy atom. The standard InChI is InChI=1S/C12H27P.C10H23P/c1-3-5-6-7-8-9-10-12(4-2)11-13;1-2-3-4-5-6-7-8-9-10-11/h12H,3-11,13H2,1-2H3;2-11H2,1H3. The van der Waals surface area contributed by atoms with Gasteiger partial charge in [-0.15, -0.1) is 18.5 Å². The van der Waals surface area contributed by atoms with E-state index in [9.17, 15) is 0 Å². The van der Waals surface area contributed by atoms with Crippen molar-refractivity contribution in [2.45, 2.75) is 124 Å². The summed E-state index contributed by atoms with van der Waals surface area (Å²) in [6, 6.07) is 0. The zero-order chi connectivity index (χ0) is 18.3. The molecule has 24 heavy (non-hydrogen) atoms. The van der Waals surface area contributed by atoms with E-state index in [-0.39, 0.29) is 0 Å². The van der Waals surface area contributed by atoms with Crippen molar-refractivity contribution < 1.29 is 0 Å².